The van der Waals surface area contributed by atoms with Gasteiger partial charge in [0.2, 0.25) is 0 Å². The third kappa shape index (κ3) is 1.74. The Morgan fingerprint density at radius 3 is 2.94 bits per heavy atom. The maximum absolute atomic E-state index is 11.2. The summed E-state index contributed by atoms with van der Waals surface area (Å²) in [6.45, 7) is 1.38. The summed E-state index contributed by atoms with van der Waals surface area (Å²) >= 11 is 0. The van der Waals surface area contributed by atoms with Crippen LogP contribution in [0.2, 0.25) is 0 Å². The molecular weight excluding hydrogens is 234 g/mol. The molecule has 6 nitrogen and oxygen atoms in total. The summed E-state index contributed by atoms with van der Waals surface area (Å²) in [4.78, 5) is 15.4. The Morgan fingerprint density at radius 2 is 2.22 bits per heavy atom. The number of nitrogens with zero attached hydrogens (tertiary/aromatic N) is 3. The predicted octanol–water partition coefficient (Wildman–Crippen LogP) is 1.32. The van der Waals surface area contributed by atoms with Crippen LogP contribution in [0.4, 0.5) is 0 Å². The minimum absolute atomic E-state index is 0.0737. The molecule has 0 aromatic carbocycles. The standard InChI is InChI=1S/C12H13N3O3/c16-12(17)10-9-2-1-5-13-15(9)11(14-10)8-3-6-18-7-4-8/h1-2,5,8H,3-4,6-7H2,(H,16,17). The van der Waals surface area contributed by atoms with Crippen molar-refractivity contribution in [2.75, 3.05) is 13.2 Å². The van der Waals surface area contributed by atoms with Crippen LogP contribution in [-0.4, -0.2) is 38.9 Å². The first-order chi connectivity index (χ1) is 8.77. The first-order valence-corrected chi connectivity index (χ1v) is 5.92. The number of ether oxygens (including phenoxy) is 1. The zero-order valence-electron chi connectivity index (χ0n) is 9.74. The molecular formula is C12H13N3O3. The molecule has 0 radical (unpaired) electrons. The second kappa shape index (κ2) is 4.38. The van der Waals surface area contributed by atoms with Crippen molar-refractivity contribution >= 4 is 11.5 Å². The maximum Gasteiger partial charge on any atom is 0.356 e. The van der Waals surface area contributed by atoms with E-state index in [4.69, 9.17) is 9.84 Å². The van der Waals surface area contributed by atoms with Crippen LogP contribution in [0.25, 0.3) is 5.52 Å². The molecule has 2 aromatic rings. The molecule has 3 heterocycles. The van der Waals surface area contributed by atoms with Gasteiger partial charge in [-0.05, 0) is 25.0 Å². The third-order valence-corrected chi connectivity index (χ3v) is 3.23. The zero-order valence-corrected chi connectivity index (χ0v) is 9.74. The van der Waals surface area contributed by atoms with Crippen LogP contribution in [0.3, 0.4) is 0 Å². The van der Waals surface area contributed by atoms with Crippen LogP contribution in [0.5, 0.6) is 0 Å². The molecule has 1 saturated heterocycles. The molecule has 0 spiro atoms. The molecule has 2 aromatic heterocycles. The van der Waals surface area contributed by atoms with Gasteiger partial charge < -0.3 is 9.84 Å². The van der Waals surface area contributed by atoms with Gasteiger partial charge in [0.1, 0.15) is 5.82 Å². The molecule has 0 atom stereocenters. The summed E-state index contributed by atoms with van der Waals surface area (Å²) in [5, 5.41) is 13.4. The van der Waals surface area contributed by atoms with Gasteiger partial charge in [-0.2, -0.15) is 5.10 Å². The van der Waals surface area contributed by atoms with E-state index in [1.807, 2.05) is 0 Å². The van der Waals surface area contributed by atoms with Gasteiger partial charge in [0.05, 0.1) is 5.52 Å². The van der Waals surface area contributed by atoms with E-state index in [-0.39, 0.29) is 11.6 Å². The van der Waals surface area contributed by atoms with Crippen LogP contribution in [0.15, 0.2) is 18.3 Å². The minimum Gasteiger partial charge on any atom is -0.476 e. The number of aromatic carboxylic acids is 1. The third-order valence-electron chi connectivity index (χ3n) is 3.23. The Balaban J connectivity index is 2.13. The lowest BCUT2D eigenvalue weighted by atomic mass is 10.00. The number of hydrogen-bond acceptors (Lipinski definition) is 4. The van der Waals surface area contributed by atoms with E-state index in [0.29, 0.717) is 18.7 Å². The fourth-order valence-electron chi connectivity index (χ4n) is 2.33. The van der Waals surface area contributed by atoms with E-state index in [1.54, 1.807) is 22.8 Å². The van der Waals surface area contributed by atoms with Crippen LogP contribution in [-0.2, 0) is 4.74 Å². The molecule has 0 bridgehead atoms. The van der Waals surface area contributed by atoms with Crippen molar-refractivity contribution in [3.8, 4) is 0 Å². The average Bonchev–Trinajstić information content (AvgIpc) is 2.79. The Labute approximate surface area is 103 Å². The molecule has 0 amide bonds. The van der Waals surface area contributed by atoms with Gasteiger partial charge in [-0.25, -0.2) is 14.3 Å². The monoisotopic (exact) mass is 247 g/mol. The number of aromatic nitrogens is 3. The lowest BCUT2D eigenvalue weighted by Gasteiger charge is -2.20. The topological polar surface area (TPSA) is 76.7 Å². The Hall–Kier alpha value is -1.95. The molecule has 3 rings (SSSR count). The molecule has 1 aliphatic rings. The van der Waals surface area contributed by atoms with Crippen LogP contribution < -0.4 is 0 Å². The molecule has 1 N–H and O–H groups in total. The normalized spacial score (nSPS) is 17.1. The second-order valence-electron chi connectivity index (χ2n) is 4.33. The average molecular weight is 247 g/mol. The summed E-state index contributed by atoms with van der Waals surface area (Å²) in [6.07, 6.45) is 3.35. The molecule has 94 valence electrons. The number of carbonyl (C=O) groups is 1. The minimum atomic E-state index is -1.01. The van der Waals surface area contributed by atoms with Crippen molar-refractivity contribution in [3.63, 3.8) is 0 Å². The lowest BCUT2D eigenvalue weighted by molar-refractivity contribution is 0.0692. The first-order valence-electron chi connectivity index (χ1n) is 5.92. The van der Waals surface area contributed by atoms with Gasteiger partial charge >= 0.3 is 5.97 Å². The van der Waals surface area contributed by atoms with E-state index >= 15 is 0 Å². The van der Waals surface area contributed by atoms with Crippen LogP contribution >= 0.6 is 0 Å². The summed E-state index contributed by atoms with van der Waals surface area (Å²) in [5.74, 6) is -0.0700. The van der Waals surface area contributed by atoms with Crippen molar-refractivity contribution in [3.05, 3.63) is 29.8 Å². The Morgan fingerprint density at radius 1 is 1.44 bits per heavy atom. The van der Waals surface area contributed by atoms with Crippen molar-refractivity contribution in [2.24, 2.45) is 0 Å². The highest BCUT2D eigenvalue weighted by molar-refractivity contribution is 5.93. The van der Waals surface area contributed by atoms with Crippen molar-refractivity contribution in [1.29, 1.82) is 0 Å². The number of hydrogen-bond donors (Lipinski definition) is 1. The lowest BCUT2D eigenvalue weighted by Crippen LogP contribution is -2.17. The van der Waals surface area contributed by atoms with Gasteiger partial charge in [-0.3, -0.25) is 0 Å². The SMILES string of the molecule is O=C(O)c1nc(C2CCOCC2)n2ncccc12. The molecule has 0 unspecified atom stereocenters. The van der Waals surface area contributed by atoms with Gasteiger partial charge in [0.15, 0.2) is 5.69 Å². The van der Waals surface area contributed by atoms with Gasteiger partial charge in [0, 0.05) is 25.3 Å². The summed E-state index contributed by atoms with van der Waals surface area (Å²) in [6, 6.07) is 3.45. The van der Waals surface area contributed by atoms with Crippen molar-refractivity contribution in [2.45, 2.75) is 18.8 Å². The van der Waals surface area contributed by atoms with E-state index in [9.17, 15) is 4.79 Å². The smallest absolute Gasteiger partial charge is 0.356 e. The second-order valence-corrected chi connectivity index (χ2v) is 4.33. The quantitative estimate of drug-likeness (QED) is 0.866. The molecule has 0 saturated carbocycles. The molecule has 1 aliphatic heterocycles. The first kappa shape index (κ1) is 11.2. The number of rotatable bonds is 2. The van der Waals surface area contributed by atoms with Crippen LogP contribution in [0, 0.1) is 0 Å². The molecule has 0 aliphatic carbocycles. The largest absolute Gasteiger partial charge is 0.476 e. The highest BCUT2D eigenvalue weighted by Crippen LogP contribution is 2.27. The summed E-state index contributed by atoms with van der Waals surface area (Å²) < 4.78 is 6.95. The van der Waals surface area contributed by atoms with E-state index < -0.39 is 5.97 Å². The van der Waals surface area contributed by atoms with Crippen molar-refractivity contribution < 1.29 is 14.6 Å². The van der Waals surface area contributed by atoms with E-state index in [1.165, 1.54) is 0 Å². The molecule has 6 heteroatoms. The Bertz CT molecular complexity index is 587. The fraction of sp³-hybridized carbons (Fsp3) is 0.417. The number of fused-ring (bicyclic) bond motifs is 1. The Kier molecular flexibility index (Phi) is 2.71. The van der Waals surface area contributed by atoms with Gasteiger partial charge in [0.25, 0.3) is 0 Å². The number of carboxylic acid groups (broad SMARTS) is 1. The highest BCUT2D eigenvalue weighted by atomic mass is 16.5. The number of carboxylic acids is 1. The van der Waals surface area contributed by atoms with Gasteiger partial charge in [-0.1, -0.05) is 0 Å². The van der Waals surface area contributed by atoms with Crippen molar-refractivity contribution in [1.82, 2.24) is 14.6 Å². The fourth-order valence-corrected chi connectivity index (χ4v) is 2.33. The van der Waals surface area contributed by atoms with Crippen LogP contribution in [0.1, 0.15) is 35.1 Å². The number of imidazole rings is 1. The van der Waals surface area contributed by atoms with E-state index in [2.05, 4.69) is 10.1 Å². The predicted molar refractivity (Wildman–Crippen MR) is 62.7 cm³/mol. The molecule has 18 heavy (non-hydrogen) atoms. The van der Waals surface area contributed by atoms with E-state index in [0.717, 1.165) is 18.7 Å². The zero-order chi connectivity index (χ0) is 12.5. The van der Waals surface area contributed by atoms with Gasteiger partial charge in [-0.15, -0.1) is 0 Å². The summed E-state index contributed by atoms with van der Waals surface area (Å²) in [5.41, 5.74) is 0.621. The maximum atomic E-state index is 11.2. The summed E-state index contributed by atoms with van der Waals surface area (Å²) in [7, 11) is 0. The molecule has 1 fully saturated rings. The highest BCUT2D eigenvalue weighted by Gasteiger charge is 2.25.